The Balaban J connectivity index is 2.05. The minimum atomic E-state index is -4.56. The lowest BCUT2D eigenvalue weighted by molar-refractivity contribution is -0.214. The number of carbonyl (C=O) groups excluding carboxylic acids is 3. The van der Waals surface area contributed by atoms with E-state index in [1.165, 1.54) is 19.1 Å². The Hall–Kier alpha value is -2.22. The number of hydrogen-bond donors (Lipinski definition) is 0. The summed E-state index contributed by atoms with van der Waals surface area (Å²) in [7, 11) is 0. The number of alkyl halides is 3. The van der Waals surface area contributed by atoms with E-state index < -0.39 is 24.5 Å². The van der Waals surface area contributed by atoms with Crippen molar-refractivity contribution >= 4 is 17.5 Å². The van der Waals surface area contributed by atoms with Crippen molar-refractivity contribution in [2.24, 2.45) is 5.92 Å². The van der Waals surface area contributed by atoms with E-state index in [2.05, 4.69) is 0 Å². The summed E-state index contributed by atoms with van der Waals surface area (Å²) >= 11 is 0. The monoisotopic (exact) mass is 343 g/mol. The molecule has 1 amide bonds. The molecule has 1 aliphatic rings. The normalized spacial score (nSPS) is 18.1. The van der Waals surface area contributed by atoms with Gasteiger partial charge >= 0.3 is 6.18 Å². The minimum absolute atomic E-state index is 0.140. The highest BCUT2D eigenvalue weighted by molar-refractivity contribution is 6.01. The number of hydrogen-bond acceptors (Lipinski definition) is 4. The van der Waals surface area contributed by atoms with E-state index in [9.17, 15) is 27.6 Å². The van der Waals surface area contributed by atoms with Crippen LogP contribution in [-0.4, -0.2) is 41.9 Å². The van der Waals surface area contributed by atoms with Crippen molar-refractivity contribution in [3.8, 4) is 0 Å². The van der Waals surface area contributed by atoms with Gasteiger partial charge in [-0.1, -0.05) is 12.1 Å². The minimum Gasteiger partial charge on any atom is -0.295 e. The summed E-state index contributed by atoms with van der Waals surface area (Å²) in [5.74, 6) is -2.30. The van der Waals surface area contributed by atoms with Gasteiger partial charge in [0.1, 0.15) is 6.54 Å². The molecule has 0 unspecified atom stereocenters. The smallest absolute Gasteiger partial charge is 0.295 e. The molecule has 0 aromatic heterocycles. The van der Waals surface area contributed by atoms with Gasteiger partial charge in [0.05, 0.1) is 12.5 Å². The fourth-order valence-electron chi connectivity index (χ4n) is 2.48. The first-order chi connectivity index (χ1) is 11.1. The summed E-state index contributed by atoms with van der Waals surface area (Å²) in [5.41, 5.74) is 1.37. The maximum atomic E-state index is 12.3. The number of aryl methyl sites for hydroxylation is 1. The van der Waals surface area contributed by atoms with Gasteiger partial charge in [0.15, 0.2) is 11.6 Å². The first kappa shape index (κ1) is 18.1. The van der Waals surface area contributed by atoms with Crippen LogP contribution in [-0.2, 0) is 9.63 Å². The molecule has 1 aromatic carbocycles. The maximum absolute atomic E-state index is 12.3. The third kappa shape index (κ3) is 4.19. The fraction of sp³-hybridized carbons (Fsp3) is 0.438. The average Bonchev–Trinajstić information content (AvgIpc) is 2.78. The van der Waals surface area contributed by atoms with Crippen molar-refractivity contribution in [2.45, 2.75) is 26.4 Å². The lowest BCUT2D eigenvalue weighted by Crippen LogP contribution is -2.35. The van der Waals surface area contributed by atoms with E-state index in [4.69, 9.17) is 4.84 Å². The molecule has 0 bridgehead atoms. The van der Waals surface area contributed by atoms with Gasteiger partial charge in [0.25, 0.3) is 5.91 Å². The fourth-order valence-corrected chi connectivity index (χ4v) is 2.48. The summed E-state index contributed by atoms with van der Waals surface area (Å²) in [6, 6.07) is 4.56. The lowest BCUT2D eigenvalue weighted by Gasteiger charge is -2.16. The number of ketones is 2. The largest absolute Gasteiger partial charge is 0.408 e. The molecule has 1 aromatic rings. The highest BCUT2D eigenvalue weighted by Gasteiger charge is 2.41. The molecule has 0 N–H and O–H groups in total. The van der Waals surface area contributed by atoms with Crippen molar-refractivity contribution in [3.63, 3.8) is 0 Å². The second kappa shape index (κ2) is 6.72. The van der Waals surface area contributed by atoms with E-state index in [0.29, 0.717) is 16.7 Å². The number of carbonyl (C=O) groups is 3. The van der Waals surface area contributed by atoms with E-state index in [1.54, 1.807) is 13.0 Å². The number of amides is 1. The van der Waals surface area contributed by atoms with Crippen molar-refractivity contribution in [2.75, 3.05) is 13.2 Å². The molecule has 1 atom stereocenters. The highest BCUT2D eigenvalue weighted by Crippen LogP contribution is 2.25. The molecule has 8 heteroatoms. The zero-order valence-electron chi connectivity index (χ0n) is 13.1. The molecule has 5 nitrogen and oxygen atoms in total. The van der Waals surface area contributed by atoms with Crippen LogP contribution in [0.2, 0.25) is 0 Å². The van der Waals surface area contributed by atoms with Crippen LogP contribution in [0.15, 0.2) is 18.2 Å². The molecule has 0 radical (unpaired) electrons. The first-order valence-corrected chi connectivity index (χ1v) is 7.24. The third-order valence-electron chi connectivity index (χ3n) is 3.71. The van der Waals surface area contributed by atoms with Crippen molar-refractivity contribution < 1.29 is 32.4 Å². The molecule has 0 aliphatic carbocycles. The summed E-state index contributed by atoms with van der Waals surface area (Å²) in [6.07, 6.45) is -4.80. The quantitative estimate of drug-likeness (QED) is 0.771. The average molecular weight is 343 g/mol. The molecule has 1 fully saturated rings. The van der Waals surface area contributed by atoms with Crippen LogP contribution in [0.4, 0.5) is 13.2 Å². The van der Waals surface area contributed by atoms with Crippen molar-refractivity contribution in [1.82, 2.24) is 5.06 Å². The number of benzene rings is 1. The van der Waals surface area contributed by atoms with Gasteiger partial charge in [0, 0.05) is 17.5 Å². The van der Waals surface area contributed by atoms with Gasteiger partial charge in [-0.3, -0.25) is 19.2 Å². The first-order valence-electron chi connectivity index (χ1n) is 7.24. The summed E-state index contributed by atoms with van der Waals surface area (Å²) in [6.45, 7) is 1.30. The second-order valence-corrected chi connectivity index (χ2v) is 5.70. The van der Waals surface area contributed by atoms with E-state index >= 15 is 0 Å². The van der Waals surface area contributed by atoms with Crippen LogP contribution in [0.5, 0.6) is 0 Å². The highest BCUT2D eigenvalue weighted by atomic mass is 19.4. The molecule has 1 heterocycles. The Morgan fingerprint density at radius 1 is 1.33 bits per heavy atom. The maximum Gasteiger partial charge on any atom is 0.408 e. The number of hydroxylamine groups is 2. The molecule has 1 aliphatic heterocycles. The van der Waals surface area contributed by atoms with Crippen LogP contribution < -0.4 is 0 Å². The summed E-state index contributed by atoms with van der Waals surface area (Å²) in [4.78, 5) is 40.2. The van der Waals surface area contributed by atoms with Crippen molar-refractivity contribution in [3.05, 3.63) is 34.9 Å². The summed E-state index contributed by atoms with van der Waals surface area (Å²) in [5, 5.41) is 0.254. The van der Waals surface area contributed by atoms with Crippen LogP contribution >= 0.6 is 0 Å². The Kier molecular flexibility index (Phi) is 5.08. The predicted octanol–water partition coefficient (Wildman–Crippen LogP) is 2.72. The van der Waals surface area contributed by atoms with Gasteiger partial charge < -0.3 is 0 Å². The van der Waals surface area contributed by atoms with Crippen LogP contribution in [0.1, 0.15) is 39.6 Å². The van der Waals surface area contributed by atoms with Crippen LogP contribution in [0.25, 0.3) is 0 Å². The van der Waals surface area contributed by atoms with Crippen molar-refractivity contribution in [1.29, 1.82) is 0 Å². The van der Waals surface area contributed by atoms with E-state index in [-0.39, 0.29) is 29.7 Å². The second-order valence-electron chi connectivity index (χ2n) is 5.70. The SMILES string of the molecule is CC(=O)c1ccc(C(=O)C[C@@H]2CON(CC(F)(F)F)C2=O)c(C)c1. The Morgan fingerprint density at radius 2 is 2.00 bits per heavy atom. The van der Waals surface area contributed by atoms with Gasteiger partial charge in [0.2, 0.25) is 0 Å². The number of rotatable bonds is 5. The lowest BCUT2D eigenvalue weighted by atomic mass is 9.94. The zero-order chi connectivity index (χ0) is 18.1. The molecular formula is C16H16F3NO4. The van der Waals surface area contributed by atoms with Gasteiger partial charge in [-0.2, -0.15) is 13.2 Å². The number of nitrogens with zero attached hydrogens (tertiary/aromatic N) is 1. The Morgan fingerprint density at radius 3 is 2.54 bits per heavy atom. The molecular weight excluding hydrogens is 327 g/mol. The zero-order valence-corrected chi connectivity index (χ0v) is 13.1. The molecule has 24 heavy (non-hydrogen) atoms. The summed E-state index contributed by atoms with van der Waals surface area (Å²) < 4.78 is 37.0. The molecule has 1 saturated heterocycles. The van der Waals surface area contributed by atoms with Gasteiger partial charge in [-0.05, 0) is 25.5 Å². The van der Waals surface area contributed by atoms with Crippen LogP contribution in [0, 0.1) is 12.8 Å². The number of halogens is 3. The molecule has 2 rings (SSSR count). The third-order valence-corrected chi connectivity index (χ3v) is 3.71. The molecule has 130 valence electrons. The molecule has 0 spiro atoms. The van der Waals surface area contributed by atoms with E-state index in [0.717, 1.165) is 0 Å². The van der Waals surface area contributed by atoms with Crippen LogP contribution in [0.3, 0.4) is 0 Å². The standard InChI is InChI=1S/C16H16F3NO4/c1-9-5-11(10(2)21)3-4-13(9)14(22)6-12-7-24-20(15(12)23)8-16(17,18)19/h3-5,12H,6-8H2,1-2H3/t12-/m1/s1. The molecule has 0 saturated carbocycles. The van der Waals surface area contributed by atoms with E-state index in [1.807, 2.05) is 0 Å². The van der Waals surface area contributed by atoms with Gasteiger partial charge in [-0.25, -0.2) is 5.06 Å². The Bertz CT molecular complexity index is 684. The van der Waals surface area contributed by atoms with Gasteiger partial charge in [-0.15, -0.1) is 0 Å². The Labute approximate surface area is 136 Å². The predicted molar refractivity (Wildman–Crippen MR) is 77.3 cm³/mol. The topological polar surface area (TPSA) is 63.7 Å². The number of Topliss-reactive ketones (excluding diaryl/α,β-unsaturated/α-hetero) is 2.